The number of hydrogen-bond acceptors (Lipinski definition) is 3. The van der Waals surface area contributed by atoms with Gasteiger partial charge in [-0.3, -0.25) is 0 Å². The first kappa shape index (κ1) is 10.5. The predicted octanol–water partition coefficient (Wildman–Crippen LogP) is 1.34. The SMILES string of the molecule is CO[C@](C)(C(=O)O)c1cccc(O)c1. The van der Waals surface area contributed by atoms with Gasteiger partial charge < -0.3 is 14.9 Å². The highest BCUT2D eigenvalue weighted by molar-refractivity contribution is 5.79. The second-order valence-corrected chi connectivity index (χ2v) is 3.09. The number of benzene rings is 1. The van der Waals surface area contributed by atoms with E-state index in [9.17, 15) is 9.90 Å². The van der Waals surface area contributed by atoms with E-state index in [2.05, 4.69) is 0 Å². The molecule has 1 atom stereocenters. The monoisotopic (exact) mass is 196 g/mol. The van der Waals surface area contributed by atoms with Crippen LogP contribution in [0.4, 0.5) is 0 Å². The van der Waals surface area contributed by atoms with Crippen molar-refractivity contribution in [1.82, 2.24) is 0 Å². The molecule has 0 radical (unpaired) electrons. The van der Waals surface area contributed by atoms with Crippen LogP contribution in [0.1, 0.15) is 12.5 Å². The molecule has 0 aromatic heterocycles. The molecule has 0 spiro atoms. The minimum Gasteiger partial charge on any atom is -0.508 e. The van der Waals surface area contributed by atoms with Gasteiger partial charge in [0.15, 0.2) is 5.60 Å². The third-order valence-electron chi connectivity index (χ3n) is 2.21. The number of phenols is 1. The Balaban J connectivity index is 3.19. The summed E-state index contributed by atoms with van der Waals surface area (Å²) in [5.74, 6) is -1.07. The summed E-state index contributed by atoms with van der Waals surface area (Å²) in [5, 5.41) is 18.2. The molecule has 0 bridgehead atoms. The number of rotatable bonds is 3. The van der Waals surface area contributed by atoms with Gasteiger partial charge in [-0.25, -0.2) is 4.79 Å². The zero-order chi connectivity index (χ0) is 10.8. The average molecular weight is 196 g/mol. The Morgan fingerprint density at radius 2 is 2.14 bits per heavy atom. The summed E-state index contributed by atoms with van der Waals surface area (Å²) in [6.45, 7) is 1.43. The van der Waals surface area contributed by atoms with E-state index in [-0.39, 0.29) is 5.75 Å². The third kappa shape index (κ3) is 1.70. The van der Waals surface area contributed by atoms with Crippen LogP contribution in [-0.2, 0) is 15.1 Å². The van der Waals surface area contributed by atoms with E-state index >= 15 is 0 Å². The van der Waals surface area contributed by atoms with Crippen molar-refractivity contribution in [3.05, 3.63) is 29.8 Å². The van der Waals surface area contributed by atoms with Crippen LogP contribution < -0.4 is 0 Å². The first-order chi connectivity index (χ1) is 6.50. The quantitative estimate of drug-likeness (QED) is 0.765. The fraction of sp³-hybridized carbons (Fsp3) is 0.300. The van der Waals surface area contributed by atoms with Gasteiger partial charge in [-0.15, -0.1) is 0 Å². The maximum absolute atomic E-state index is 11.0. The number of aliphatic carboxylic acids is 1. The number of carboxylic acids is 1. The highest BCUT2D eigenvalue weighted by atomic mass is 16.5. The molecular weight excluding hydrogens is 184 g/mol. The average Bonchev–Trinajstić information content (AvgIpc) is 2.16. The lowest BCUT2D eigenvalue weighted by Crippen LogP contribution is -2.34. The van der Waals surface area contributed by atoms with Crippen molar-refractivity contribution in [1.29, 1.82) is 0 Å². The van der Waals surface area contributed by atoms with Crippen LogP contribution in [0.15, 0.2) is 24.3 Å². The molecule has 14 heavy (non-hydrogen) atoms. The Morgan fingerprint density at radius 1 is 1.50 bits per heavy atom. The maximum atomic E-state index is 11.0. The lowest BCUT2D eigenvalue weighted by Gasteiger charge is -2.23. The lowest BCUT2D eigenvalue weighted by atomic mass is 9.96. The van der Waals surface area contributed by atoms with Crippen molar-refractivity contribution in [3.63, 3.8) is 0 Å². The van der Waals surface area contributed by atoms with Gasteiger partial charge in [0.25, 0.3) is 0 Å². The summed E-state index contributed by atoms with van der Waals surface area (Å²) in [7, 11) is 1.32. The van der Waals surface area contributed by atoms with Crippen LogP contribution in [0.25, 0.3) is 0 Å². The van der Waals surface area contributed by atoms with Gasteiger partial charge in [-0.2, -0.15) is 0 Å². The summed E-state index contributed by atoms with van der Waals surface area (Å²) in [4.78, 5) is 11.0. The van der Waals surface area contributed by atoms with Gasteiger partial charge >= 0.3 is 5.97 Å². The summed E-state index contributed by atoms with van der Waals surface area (Å²) < 4.78 is 4.93. The Kier molecular flexibility index (Phi) is 2.76. The maximum Gasteiger partial charge on any atom is 0.340 e. The topological polar surface area (TPSA) is 66.8 Å². The molecule has 2 N–H and O–H groups in total. The van der Waals surface area contributed by atoms with Crippen LogP contribution in [0.5, 0.6) is 5.75 Å². The molecule has 1 aromatic rings. The van der Waals surface area contributed by atoms with Crippen molar-refractivity contribution in [3.8, 4) is 5.75 Å². The van der Waals surface area contributed by atoms with Gasteiger partial charge in [-0.1, -0.05) is 12.1 Å². The number of ether oxygens (including phenoxy) is 1. The summed E-state index contributed by atoms with van der Waals surface area (Å²) in [5.41, 5.74) is -1.01. The van der Waals surface area contributed by atoms with Crippen molar-refractivity contribution in [2.75, 3.05) is 7.11 Å². The van der Waals surface area contributed by atoms with Gasteiger partial charge in [0.2, 0.25) is 0 Å². The molecule has 0 unspecified atom stereocenters. The van der Waals surface area contributed by atoms with Gasteiger partial charge in [0, 0.05) is 7.11 Å². The highest BCUT2D eigenvalue weighted by Crippen LogP contribution is 2.27. The Hall–Kier alpha value is -1.55. The minimum absolute atomic E-state index is 0.0204. The van der Waals surface area contributed by atoms with Crippen molar-refractivity contribution in [2.45, 2.75) is 12.5 Å². The van der Waals surface area contributed by atoms with Crippen LogP contribution in [0.3, 0.4) is 0 Å². The summed E-state index contributed by atoms with van der Waals surface area (Å²) in [6.07, 6.45) is 0. The normalized spacial score (nSPS) is 14.7. The number of carbonyl (C=O) groups is 1. The van der Waals surface area contributed by atoms with Crippen LogP contribution in [0.2, 0.25) is 0 Å². The minimum atomic E-state index is -1.42. The summed E-state index contributed by atoms with van der Waals surface area (Å²) >= 11 is 0. The number of hydrogen-bond donors (Lipinski definition) is 2. The molecule has 0 saturated carbocycles. The van der Waals surface area contributed by atoms with Crippen molar-refractivity contribution < 1.29 is 19.7 Å². The molecule has 76 valence electrons. The van der Waals surface area contributed by atoms with Gasteiger partial charge in [0.05, 0.1) is 0 Å². The molecule has 0 aliphatic rings. The summed E-state index contributed by atoms with van der Waals surface area (Å²) in [6, 6.07) is 6.02. The van der Waals surface area contributed by atoms with E-state index in [1.165, 1.54) is 26.2 Å². The van der Waals surface area contributed by atoms with E-state index in [4.69, 9.17) is 9.84 Å². The largest absolute Gasteiger partial charge is 0.508 e. The van der Waals surface area contributed by atoms with Crippen LogP contribution in [-0.4, -0.2) is 23.3 Å². The number of methoxy groups -OCH3 is 1. The van der Waals surface area contributed by atoms with Crippen LogP contribution >= 0.6 is 0 Å². The molecule has 0 heterocycles. The van der Waals surface area contributed by atoms with E-state index in [1.54, 1.807) is 12.1 Å². The molecule has 1 rings (SSSR count). The van der Waals surface area contributed by atoms with E-state index < -0.39 is 11.6 Å². The molecule has 0 saturated heterocycles. The lowest BCUT2D eigenvalue weighted by molar-refractivity contribution is -0.161. The third-order valence-corrected chi connectivity index (χ3v) is 2.21. The first-order valence-electron chi connectivity index (χ1n) is 4.09. The second kappa shape index (κ2) is 3.67. The molecule has 0 aliphatic heterocycles. The highest BCUT2D eigenvalue weighted by Gasteiger charge is 2.35. The Labute approximate surface area is 81.8 Å². The second-order valence-electron chi connectivity index (χ2n) is 3.09. The van der Waals surface area contributed by atoms with Gasteiger partial charge in [-0.05, 0) is 24.6 Å². The zero-order valence-electron chi connectivity index (χ0n) is 8.02. The molecule has 0 amide bonds. The zero-order valence-corrected chi connectivity index (χ0v) is 8.02. The molecule has 4 nitrogen and oxygen atoms in total. The Morgan fingerprint density at radius 3 is 2.57 bits per heavy atom. The fourth-order valence-electron chi connectivity index (χ4n) is 1.13. The standard InChI is InChI=1S/C10H12O4/c1-10(14-2,9(12)13)7-4-3-5-8(11)6-7/h3-6,11H,1-2H3,(H,12,13)/t10-/m0/s1. The van der Waals surface area contributed by atoms with Crippen molar-refractivity contribution >= 4 is 5.97 Å². The molecule has 0 aliphatic carbocycles. The predicted molar refractivity (Wildman–Crippen MR) is 50.1 cm³/mol. The molecule has 0 fully saturated rings. The van der Waals surface area contributed by atoms with Crippen LogP contribution in [0, 0.1) is 0 Å². The van der Waals surface area contributed by atoms with Crippen molar-refractivity contribution in [2.24, 2.45) is 0 Å². The van der Waals surface area contributed by atoms with Gasteiger partial charge in [0.1, 0.15) is 5.75 Å². The number of carboxylic acid groups (broad SMARTS) is 1. The first-order valence-corrected chi connectivity index (χ1v) is 4.09. The van der Waals surface area contributed by atoms with E-state index in [0.29, 0.717) is 5.56 Å². The molecule has 1 aromatic carbocycles. The fourth-order valence-corrected chi connectivity index (χ4v) is 1.13. The van der Waals surface area contributed by atoms with E-state index in [1.807, 2.05) is 0 Å². The number of aromatic hydroxyl groups is 1. The smallest absolute Gasteiger partial charge is 0.340 e. The molecular formula is C10H12O4. The van der Waals surface area contributed by atoms with E-state index in [0.717, 1.165) is 0 Å². The number of phenolic OH excluding ortho intramolecular Hbond substituents is 1. The molecule has 4 heteroatoms. The Bertz CT molecular complexity index is 348.